The number of aliphatic imine (C=N–C) groups is 1. The summed E-state index contributed by atoms with van der Waals surface area (Å²) in [6, 6.07) is 0. The zero-order valence-electron chi connectivity index (χ0n) is 11.4. The Balaban J connectivity index is 0.00000324. The zero-order chi connectivity index (χ0) is 13.2. The number of carbonyl (C=O) groups is 1. The Morgan fingerprint density at radius 2 is 2.32 bits per heavy atom. The first-order valence-electron chi connectivity index (χ1n) is 6.51. The summed E-state index contributed by atoms with van der Waals surface area (Å²) in [5.74, 6) is 3.53. The van der Waals surface area contributed by atoms with Gasteiger partial charge in [-0.05, 0) is 19.8 Å². The van der Waals surface area contributed by atoms with Crippen LogP contribution in [-0.4, -0.2) is 49.5 Å². The van der Waals surface area contributed by atoms with E-state index in [0.29, 0.717) is 19.5 Å². The van der Waals surface area contributed by atoms with Crippen molar-refractivity contribution in [3.05, 3.63) is 0 Å². The molecule has 1 amide bonds. The lowest BCUT2D eigenvalue weighted by Crippen LogP contribution is -2.37. The molecule has 0 saturated carbocycles. The fourth-order valence-corrected chi connectivity index (χ4v) is 1.87. The zero-order valence-corrected chi connectivity index (χ0v) is 13.8. The van der Waals surface area contributed by atoms with Crippen LogP contribution in [-0.2, 0) is 4.79 Å². The fraction of sp³-hybridized carbons (Fsp3) is 0.692. The molecule has 1 heterocycles. The molecule has 5 nitrogen and oxygen atoms in total. The van der Waals surface area contributed by atoms with Crippen molar-refractivity contribution >= 4 is 35.8 Å². The van der Waals surface area contributed by atoms with Crippen molar-refractivity contribution in [2.75, 3.05) is 32.7 Å². The molecule has 6 heteroatoms. The van der Waals surface area contributed by atoms with Crippen LogP contribution in [0, 0.1) is 12.3 Å². The molecular weight excluding hydrogens is 355 g/mol. The quantitative estimate of drug-likeness (QED) is 0.237. The third kappa shape index (κ3) is 7.25. The van der Waals surface area contributed by atoms with Gasteiger partial charge in [0.2, 0.25) is 5.91 Å². The molecule has 0 aromatic carbocycles. The molecule has 19 heavy (non-hydrogen) atoms. The largest absolute Gasteiger partial charge is 0.357 e. The topological polar surface area (TPSA) is 56.7 Å². The molecule has 0 spiro atoms. The van der Waals surface area contributed by atoms with Crippen LogP contribution >= 0.6 is 24.0 Å². The van der Waals surface area contributed by atoms with Crippen LogP contribution in [0.15, 0.2) is 4.99 Å². The molecule has 0 radical (unpaired) electrons. The van der Waals surface area contributed by atoms with Gasteiger partial charge < -0.3 is 15.5 Å². The van der Waals surface area contributed by atoms with Gasteiger partial charge in [-0.25, -0.2) is 0 Å². The van der Waals surface area contributed by atoms with Crippen LogP contribution in [0.5, 0.6) is 0 Å². The smallest absolute Gasteiger partial charge is 0.222 e. The van der Waals surface area contributed by atoms with Crippen molar-refractivity contribution < 1.29 is 4.79 Å². The maximum absolute atomic E-state index is 11.4. The van der Waals surface area contributed by atoms with E-state index in [1.165, 1.54) is 0 Å². The Morgan fingerprint density at radius 3 is 2.89 bits per heavy atom. The predicted octanol–water partition coefficient (Wildman–Crippen LogP) is 0.805. The number of terminal acetylenes is 1. The van der Waals surface area contributed by atoms with E-state index in [0.717, 1.165) is 38.4 Å². The van der Waals surface area contributed by atoms with Crippen LogP contribution in [0.1, 0.15) is 26.2 Å². The molecule has 1 aliphatic heterocycles. The number of carbonyl (C=O) groups excluding carboxylic acids is 1. The van der Waals surface area contributed by atoms with Crippen molar-refractivity contribution in [3.8, 4) is 12.3 Å². The van der Waals surface area contributed by atoms with Gasteiger partial charge in [-0.15, -0.1) is 30.4 Å². The highest BCUT2D eigenvalue weighted by molar-refractivity contribution is 14.0. The Bertz CT molecular complexity index is 338. The summed E-state index contributed by atoms with van der Waals surface area (Å²) in [5, 5.41) is 6.15. The summed E-state index contributed by atoms with van der Waals surface area (Å²) in [5.41, 5.74) is 0. The third-order valence-corrected chi connectivity index (χ3v) is 2.73. The second-order valence-electron chi connectivity index (χ2n) is 4.16. The molecule has 0 aromatic rings. The second kappa shape index (κ2) is 10.9. The minimum absolute atomic E-state index is 0. The fourth-order valence-electron chi connectivity index (χ4n) is 1.87. The summed E-state index contributed by atoms with van der Waals surface area (Å²) in [6.07, 6.45) is 7.77. The van der Waals surface area contributed by atoms with E-state index in [2.05, 4.69) is 21.5 Å². The molecule has 0 unspecified atom stereocenters. The van der Waals surface area contributed by atoms with E-state index >= 15 is 0 Å². The van der Waals surface area contributed by atoms with Crippen molar-refractivity contribution in [2.24, 2.45) is 4.99 Å². The molecule has 1 fully saturated rings. The van der Waals surface area contributed by atoms with Gasteiger partial charge in [-0.2, -0.15) is 0 Å². The molecular formula is C13H23IN4O. The monoisotopic (exact) mass is 378 g/mol. The normalized spacial score (nSPS) is 14.8. The first-order chi connectivity index (χ1) is 8.77. The maximum atomic E-state index is 11.4. The van der Waals surface area contributed by atoms with E-state index in [-0.39, 0.29) is 29.9 Å². The van der Waals surface area contributed by atoms with E-state index in [4.69, 9.17) is 6.42 Å². The van der Waals surface area contributed by atoms with E-state index in [1.54, 1.807) is 0 Å². The Labute approximate surface area is 132 Å². The lowest BCUT2D eigenvalue weighted by atomic mass is 10.4. The van der Waals surface area contributed by atoms with Crippen molar-refractivity contribution in [1.29, 1.82) is 0 Å². The summed E-state index contributed by atoms with van der Waals surface area (Å²) in [7, 11) is 0. The second-order valence-corrected chi connectivity index (χ2v) is 4.16. The average Bonchev–Trinajstić information content (AvgIpc) is 2.77. The van der Waals surface area contributed by atoms with Gasteiger partial charge in [0, 0.05) is 32.6 Å². The highest BCUT2D eigenvalue weighted by Crippen LogP contribution is 2.09. The number of amides is 1. The molecule has 1 saturated heterocycles. The molecule has 0 atom stereocenters. The molecule has 108 valence electrons. The average molecular weight is 378 g/mol. The summed E-state index contributed by atoms with van der Waals surface area (Å²) < 4.78 is 0. The first-order valence-corrected chi connectivity index (χ1v) is 6.51. The summed E-state index contributed by atoms with van der Waals surface area (Å²) >= 11 is 0. The molecule has 1 rings (SSSR count). The summed E-state index contributed by atoms with van der Waals surface area (Å²) in [6.45, 7) is 5.69. The first kappa shape index (κ1) is 18.0. The molecule has 1 aliphatic rings. The van der Waals surface area contributed by atoms with Gasteiger partial charge in [0.15, 0.2) is 5.96 Å². The number of nitrogens with one attached hydrogen (secondary N) is 2. The Hall–Kier alpha value is -0.970. The minimum atomic E-state index is 0. The van der Waals surface area contributed by atoms with Crippen LogP contribution in [0.2, 0.25) is 0 Å². The number of guanidine groups is 1. The lowest BCUT2D eigenvalue weighted by Gasteiger charge is -2.14. The molecule has 2 N–H and O–H groups in total. The van der Waals surface area contributed by atoms with Crippen LogP contribution in [0.4, 0.5) is 0 Å². The number of nitrogens with zero attached hydrogens (tertiary/aromatic N) is 2. The van der Waals surface area contributed by atoms with Crippen LogP contribution < -0.4 is 10.6 Å². The molecule has 0 bridgehead atoms. The van der Waals surface area contributed by atoms with Crippen molar-refractivity contribution in [2.45, 2.75) is 26.2 Å². The van der Waals surface area contributed by atoms with Gasteiger partial charge in [0.25, 0.3) is 0 Å². The SMILES string of the molecule is C#CCNC(=NCCCN1CCCC1=O)NCC.I. The predicted molar refractivity (Wildman–Crippen MR) is 88.7 cm³/mol. The van der Waals surface area contributed by atoms with E-state index < -0.39 is 0 Å². The third-order valence-electron chi connectivity index (χ3n) is 2.73. The number of rotatable bonds is 6. The Kier molecular flexibility index (Phi) is 10.4. The van der Waals surface area contributed by atoms with Crippen molar-refractivity contribution in [1.82, 2.24) is 15.5 Å². The van der Waals surface area contributed by atoms with Gasteiger partial charge in [-0.3, -0.25) is 9.79 Å². The number of hydrogen-bond donors (Lipinski definition) is 2. The van der Waals surface area contributed by atoms with Crippen molar-refractivity contribution in [3.63, 3.8) is 0 Å². The van der Waals surface area contributed by atoms with Crippen LogP contribution in [0.25, 0.3) is 0 Å². The van der Waals surface area contributed by atoms with Gasteiger partial charge in [0.1, 0.15) is 0 Å². The maximum Gasteiger partial charge on any atom is 0.222 e. The van der Waals surface area contributed by atoms with Gasteiger partial charge in [-0.1, -0.05) is 5.92 Å². The summed E-state index contributed by atoms with van der Waals surface area (Å²) in [4.78, 5) is 17.7. The van der Waals surface area contributed by atoms with Crippen LogP contribution in [0.3, 0.4) is 0 Å². The molecule has 0 aliphatic carbocycles. The highest BCUT2D eigenvalue weighted by atomic mass is 127. The Morgan fingerprint density at radius 1 is 1.53 bits per heavy atom. The number of hydrogen-bond acceptors (Lipinski definition) is 2. The van der Waals surface area contributed by atoms with Gasteiger partial charge in [0.05, 0.1) is 6.54 Å². The minimum Gasteiger partial charge on any atom is -0.357 e. The van der Waals surface area contributed by atoms with E-state index in [1.807, 2.05) is 11.8 Å². The number of likely N-dealkylation sites (tertiary alicyclic amines) is 1. The van der Waals surface area contributed by atoms with Gasteiger partial charge >= 0.3 is 0 Å². The van der Waals surface area contributed by atoms with E-state index in [9.17, 15) is 4.79 Å². The lowest BCUT2D eigenvalue weighted by molar-refractivity contribution is -0.127. The molecule has 0 aromatic heterocycles. The standard InChI is InChI=1S/C13H22N4O.HI/c1-3-8-15-13(14-4-2)16-9-6-11-17-10-5-7-12(17)18;/h1H,4-11H2,2H3,(H2,14,15,16);1H. The number of halogens is 1. The highest BCUT2D eigenvalue weighted by Gasteiger charge is 2.18.